The third-order valence-electron chi connectivity index (χ3n) is 1.57. The average molecular weight is 152 g/mol. The molecule has 0 aliphatic carbocycles. The van der Waals surface area contributed by atoms with Gasteiger partial charge in [-0.1, -0.05) is 20.8 Å². The number of imidazole rings is 1. The molecule has 0 amide bonds. The summed E-state index contributed by atoms with van der Waals surface area (Å²) in [5, 5.41) is 0. The van der Waals surface area contributed by atoms with Gasteiger partial charge in [0.2, 0.25) is 0 Å². The fraction of sp³-hybridized carbons (Fsp3) is 0.667. The SMILES string of the molecule is Cc1nccn1CC(C)(C)C. The minimum atomic E-state index is 0.339. The van der Waals surface area contributed by atoms with E-state index >= 15 is 0 Å². The summed E-state index contributed by atoms with van der Waals surface area (Å²) in [6, 6.07) is 0. The van der Waals surface area contributed by atoms with Crippen molar-refractivity contribution in [2.75, 3.05) is 0 Å². The Morgan fingerprint density at radius 1 is 1.45 bits per heavy atom. The number of rotatable bonds is 1. The Morgan fingerprint density at radius 2 is 2.09 bits per heavy atom. The average Bonchev–Trinajstić information content (AvgIpc) is 2.12. The monoisotopic (exact) mass is 152 g/mol. The van der Waals surface area contributed by atoms with Gasteiger partial charge in [0.05, 0.1) is 0 Å². The van der Waals surface area contributed by atoms with Gasteiger partial charge in [0.15, 0.2) is 0 Å². The quantitative estimate of drug-likeness (QED) is 0.603. The number of aromatic nitrogens is 2. The maximum Gasteiger partial charge on any atom is 0.105 e. The van der Waals surface area contributed by atoms with Gasteiger partial charge in [0.1, 0.15) is 5.82 Å². The minimum Gasteiger partial charge on any atom is -0.335 e. The van der Waals surface area contributed by atoms with Crippen LogP contribution in [0.25, 0.3) is 0 Å². The Hall–Kier alpha value is -0.790. The summed E-state index contributed by atoms with van der Waals surface area (Å²) in [6.07, 6.45) is 3.88. The van der Waals surface area contributed by atoms with Crippen LogP contribution in [0.15, 0.2) is 12.4 Å². The Balaban J connectivity index is 2.72. The van der Waals surface area contributed by atoms with Crippen LogP contribution in [0.1, 0.15) is 26.6 Å². The Labute approximate surface area is 68.3 Å². The molecule has 0 unspecified atom stereocenters. The van der Waals surface area contributed by atoms with Crippen LogP contribution in [0.4, 0.5) is 0 Å². The highest BCUT2D eigenvalue weighted by molar-refractivity contribution is 4.89. The molecule has 11 heavy (non-hydrogen) atoms. The van der Waals surface area contributed by atoms with E-state index in [2.05, 4.69) is 30.3 Å². The third kappa shape index (κ3) is 2.37. The predicted octanol–water partition coefficient (Wildman–Crippen LogP) is 2.24. The van der Waals surface area contributed by atoms with E-state index in [-0.39, 0.29) is 0 Å². The van der Waals surface area contributed by atoms with Crippen molar-refractivity contribution in [1.82, 2.24) is 9.55 Å². The smallest absolute Gasteiger partial charge is 0.105 e. The summed E-state index contributed by atoms with van der Waals surface area (Å²) in [5.74, 6) is 1.10. The van der Waals surface area contributed by atoms with Crippen LogP contribution in [0.5, 0.6) is 0 Å². The maximum absolute atomic E-state index is 4.16. The predicted molar refractivity (Wildman–Crippen MR) is 46.4 cm³/mol. The Kier molecular flexibility index (Phi) is 2.03. The Morgan fingerprint density at radius 3 is 2.45 bits per heavy atom. The molecule has 0 bridgehead atoms. The number of aryl methyl sites for hydroxylation is 1. The van der Waals surface area contributed by atoms with Crippen molar-refractivity contribution in [3.05, 3.63) is 18.2 Å². The molecular formula is C9H16N2. The van der Waals surface area contributed by atoms with Crippen molar-refractivity contribution in [2.45, 2.75) is 34.2 Å². The van der Waals surface area contributed by atoms with E-state index in [1.807, 2.05) is 19.3 Å². The molecule has 0 saturated carbocycles. The summed E-state index contributed by atoms with van der Waals surface area (Å²) >= 11 is 0. The van der Waals surface area contributed by atoms with Crippen molar-refractivity contribution in [1.29, 1.82) is 0 Å². The van der Waals surface area contributed by atoms with Crippen molar-refractivity contribution in [3.63, 3.8) is 0 Å². The number of nitrogens with zero attached hydrogens (tertiary/aromatic N) is 2. The highest BCUT2D eigenvalue weighted by Gasteiger charge is 2.11. The zero-order valence-electron chi connectivity index (χ0n) is 7.76. The highest BCUT2D eigenvalue weighted by Crippen LogP contribution is 2.16. The lowest BCUT2D eigenvalue weighted by Crippen LogP contribution is -2.15. The zero-order chi connectivity index (χ0) is 8.48. The normalized spacial score (nSPS) is 12.0. The number of hydrogen-bond acceptors (Lipinski definition) is 1. The molecule has 0 aliphatic rings. The van der Waals surface area contributed by atoms with Gasteiger partial charge >= 0.3 is 0 Å². The van der Waals surface area contributed by atoms with E-state index < -0.39 is 0 Å². The van der Waals surface area contributed by atoms with Crippen LogP contribution in [-0.2, 0) is 6.54 Å². The van der Waals surface area contributed by atoms with Crippen LogP contribution in [-0.4, -0.2) is 9.55 Å². The molecule has 0 fully saturated rings. The van der Waals surface area contributed by atoms with E-state index in [1.54, 1.807) is 0 Å². The molecule has 62 valence electrons. The molecule has 2 heteroatoms. The van der Waals surface area contributed by atoms with E-state index in [1.165, 1.54) is 0 Å². The fourth-order valence-electron chi connectivity index (χ4n) is 1.08. The first-order chi connectivity index (χ1) is 4.99. The minimum absolute atomic E-state index is 0.339. The Bertz CT molecular complexity index is 230. The molecular weight excluding hydrogens is 136 g/mol. The standard InChI is InChI=1S/C9H16N2/c1-8-10-5-6-11(8)7-9(2,3)4/h5-6H,7H2,1-4H3. The lowest BCUT2D eigenvalue weighted by Gasteiger charge is -2.19. The molecule has 0 spiro atoms. The van der Waals surface area contributed by atoms with Crippen molar-refractivity contribution >= 4 is 0 Å². The number of hydrogen-bond donors (Lipinski definition) is 0. The van der Waals surface area contributed by atoms with Gasteiger partial charge < -0.3 is 4.57 Å². The summed E-state index contributed by atoms with van der Waals surface area (Å²) in [6.45, 7) is 9.76. The molecule has 0 atom stereocenters. The molecule has 1 heterocycles. The van der Waals surface area contributed by atoms with E-state index in [4.69, 9.17) is 0 Å². The molecule has 2 nitrogen and oxygen atoms in total. The molecule has 1 aromatic rings. The van der Waals surface area contributed by atoms with Crippen LogP contribution >= 0.6 is 0 Å². The van der Waals surface area contributed by atoms with Crippen LogP contribution < -0.4 is 0 Å². The second-order valence-electron chi connectivity index (χ2n) is 4.16. The van der Waals surface area contributed by atoms with Crippen molar-refractivity contribution < 1.29 is 0 Å². The molecule has 1 aromatic heterocycles. The lowest BCUT2D eigenvalue weighted by molar-refractivity contribution is 0.340. The first-order valence-corrected chi connectivity index (χ1v) is 3.97. The topological polar surface area (TPSA) is 17.8 Å². The van der Waals surface area contributed by atoms with Gasteiger partial charge in [0, 0.05) is 18.9 Å². The van der Waals surface area contributed by atoms with E-state index in [0.29, 0.717) is 5.41 Å². The second-order valence-corrected chi connectivity index (χ2v) is 4.16. The third-order valence-corrected chi connectivity index (χ3v) is 1.57. The largest absolute Gasteiger partial charge is 0.335 e. The summed E-state index contributed by atoms with van der Waals surface area (Å²) in [4.78, 5) is 4.16. The zero-order valence-corrected chi connectivity index (χ0v) is 7.76. The van der Waals surface area contributed by atoms with Crippen LogP contribution in [0.3, 0.4) is 0 Å². The van der Waals surface area contributed by atoms with Crippen LogP contribution in [0, 0.1) is 12.3 Å². The van der Waals surface area contributed by atoms with Gasteiger partial charge in [0.25, 0.3) is 0 Å². The molecule has 0 aromatic carbocycles. The van der Waals surface area contributed by atoms with Gasteiger partial charge in [-0.05, 0) is 12.3 Å². The fourth-order valence-corrected chi connectivity index (χ4v) is 1.08. The maximum atomic E-state index is 4.16. The van der Waals surface area contributed by atoms with Crippen LogP contribution in [0.2, 0.25) is 0 Å². The molecule has 0 aliphatic heterocycles. The van der Waals surface area contributed by atoms with Crippen molar-refractivity contribution in [2.24, 2.45) is 5.41 Å². The first-order valence-electron chi connectivity index (χ1n) is 3.97. The molecule has 0 saturated heterocycles. The highest BCUT2D eigenvalue weighted by atomic mass is 15.1. The summed E-state index contributed by atoms with van der Waals surface area (Å²) in [5.41, 5.74) is 0.339. The molecule has 0 radical (unpaired) electrons. The summed E-state index contributed by atoms with van der Waals surface area (Å²) < 4.78 is 2.18. The van der Waals surface area contributed by atoms with Gasteiger partial charge in [-0.3, -0.25) is 0 Å². The molecule has 1 rings (SSSR count). The first kappa shape index (κ1) is 8.31. The second kappa shape index (κ2) is 2.68. The lowest BCUT2D eigenvalue weighted by atomic mass is 9.97. The van der Waals surface area contributed by atoms with E-state index in [0.717, 1.165) is 12.4 Å². The van der Waals surface area contributed by atoms with Gasteiger partial charge in [-0.2, -0.15) is 0 Å². The van der Waals surface area contributed by atoms with Gasteiger partial charge in [-0.25, -0.2) is 4.98 Å². The van der Waals surface area contributed by atoms with Crippen molar-refractivity contribution in [3.8, 4) is 0 Å². The molecule has 0 N–H and O–H groups in total. The van der Waals surface area contributed by atoms with E-state index in [9.17, 15) is 0 Å². The summed E-state index contributed by atoms with van der Waals surface area (Å²) in [7, 11) is 0. The van der Waals surface area contributed by atoms with Gasteiger partial charge in [-0.15, -0.1) is 0 Å².